The number of nitro groups is 1. The molecule has 0 amide bonds. The van der Waals surface area contributed by atoms with Gasteiger partial charge in [-0.05, 0) is 25.0 Å². The third-order valence-corrected chi connectivity index (χ3v) is 2.75. The first kappa shape index (κ1) is 15.9. The Morgan fingerprint density at radius 3 is 2.60 bits per heavy atom. The maximum absolute atomic E-state index is 11.3. The average molecular weight is 284 g/mol. The molecular weight excluding hydrogens is 268 g/mol. The van der Waals surface area contributed by atoms with Crippen LogP contribution in [0, 0.1) is 17.0 Å². The Labute approximate surface area is 114 Å². The van der Waals surface area contributed by atoms with Crippen molar-refractivity contribution in [2.45, 2.75) is 26.1 Å². The van der Waals surface area contributed by atoms with Gasteiger partial charge >= 0.3 is 5.97 Å². The normalized spacial score (nSPS) is 13.6. The van der Waals surface area contributed by atoms with Gasteiger partial charge in [0.05, 0.1) is 11.5 Å². The summed E-state index contributed by atoms with van der Waals surface area (Å²) in [7, 11) is 0. The van der Waals surface area contributed by atoms with Gasteiger partial charge in [0.2, 0.25) is 0 Å². The minimum absolute atomic E-state index is 0.0175. The molecule has 2 unspecified atom stereocenters. The molecule has 0 radical (unpaired) electrons. The molecule has 0 fully saturated rings. The maximum atomic E-state index is 11.3. The summed E-state index contributed by atoms with van der Waals surface area (Å²) in [6.45, 7) is 3.12. The number of nitrogen functional groups attached to an aromatic ring is 1. The lowest BCUT2D eigenvalue weighted by Gasteiger charge is -2.17. The fourth-order valence-corrected chi connectivity index (χ4v) is 1.67. The van der Waals surface area contributed by atoms with Gasteiger partial charge in [0.1, 0.15) is 11.8 Å². The van der Waals surface area contributed by atoms with Gasteiger partial charge in [-0.15, -0.1) is 0 Å². The van der Waals surface area contributed by atoms with Gasteiger partial charge in [0.25, 0.3) is 5.69 Å². The number of esters is 1. The number of aliphatic hydroxyl groups is 2. The molecule has 0 saturated carbocycles. The second-order valence-corrected chi connectivity index (χ2v) is 4.17. The number of nitro benzene ring substituents is 1. The molecule has 0 aliphatic carbocycles. The smallest absolute Gasteiger partial charge is 0.338 e. The van der Waals surface area contributed by atoms with E-state index in [9.17, 15) is 25.1 Å². The number of ether oxygens (including phenoxy) is 1. The molecule has 8 nitrogen and oxygen atoms in total. The fourth-order valence-electron chi connectivity index (χ4n) is 1.67. The van der Waals surface area contributed by atoms with E-state index in [0.717, 1.165) is 6.07 Å². The number of nitrogens with zero attached hydrogens (tertiary/aromatic N) is 1. The van der Waals surface area contributed by atoms with Crippen LogP contribution < -0.4 is 5.73 Å². The second-order valence-electron chi connectivity index (χ2n) is 4.17. The summed E-state index contributed by atoms with van der Waals surface area (Å²) in [5.74, 6) is -1.00. The number of anilines is 1. The molecule has 0 aliphatic heterocycles. The highest BCUT2D eigenvalue weighted by atomic mass is 16.6. The Hall–Kier alpha value is -2.19. The molecule has 0 bridgehead atoms. The van der Waals surface area contributed by atoms with Gasteiger partial charge < -0.3 is 20.7 Å². The summed E-state index contributed by atoms with van der Waals surface area (Å²) < 4.78 is 4.57. The number of aryl methyl sites for hydroxylation is 1. The van der Waals surface area contributed by atoms with E-state index in [1.54, 1.807) is 6.92 Å². The van der Waals surface area contributed by atoms with Gasteiger partial charge in [-0.25, -0.2) is 4.79 Å². The third kappa shape index (κ3) is 3.22. The predicted molar refractivity (Wildman–Crippen MR) is 69.8 cm³/mol. The molecule has 0 spiro atoms. The number of aliphatic hydroxyl groups excluding tert-OH is 2. The van der Waals surface area contributed by atoms with Crippen LogP contribution in [0.25, 0.3) is 0 Å². The number of carbonyl (C=O) groups is 1. The minimum atomic E-state index is -1.82. The van der Waals surface area contributed by atoms with Crippen LogP contribution in [0.1, 0.15) is 24.2 Å². The van der Waals surface area contributed by atoms with Crippen LogP contribution in [-0.2, 0) is 9.53 Å². The van der Waals surface area contributed by atoms with E-state index in [2.05, 4.69) is 4.74 Å². The van der Waals surface area contributed by atoms with Crippen LogP contribution in [-0.4, -0.2) is 33.8 Å². The van der Waals surface area contributed by atoms with Crippen LogP contribution in [0.5, 0.6) is 0 Å². The van der Waals surface area contributed by atoms with Gasteiger partial charge in [-0.1, -0.05) is 6.07 Å². The molecule has 1 rings (SSSR count). The van der Waals surface area contributed by atoms with E-state index in [1.165, 1.54) is 13.0 Å². The Morgan fingerprint density at radius 2 is 2.10 bits per heavy atom. The van der Waals surface area contributed by atoms with E-state index in [0.29, 0.717) is 5.56 Å². The molecule has 20 heavy (non-hydrogen) atoms. The molecule has 2 atom stereocenters. The van der Waals surface area contributed by atoms with Crippen molar-refractivity contribution >= 4 is 17.3 Å². The largest absolute Gasteiger partial charge is 0.464 e. The number of rotatable bonds is 5. The number of nitrogens with two attached hydrogens (primary N) is 1. The summed E-state index contributed by atoms with van der Waals surface area (Å²) in [6.07, 6.45) is -3.45. The van der Waals surface area contributed by atoms with Crippen LogP contribution >= 0.6 is 0 Å². The van der Waals surface area contributed by atoms with E-state index in [1.807, 2.05) is 0 Å². The Kier molecular flexibility index (Phi) is 5.00. The van der Waals surface area contributed by atoms with Crippen molar-refractivity contribution in [1.29, 1.82) is 0 Å². The van der Waals surface area contributed by atoms with Crippen molar-refractivity contribution < 1.29 is 24.7 Å². The van der Waals surface area contributed by atoms with E-state index >= 15 is 0 Å². The lowest BCUT2D eigenvalue weighted by atomic mass is 10.00. The Morgan fingerprint density at radius 1 is 1.50 bits per heavy atom. The highest BCUT2D eigenvalue weighted by Crippen LogP contribution is 2.30. The standard InChI is InChI=1S/C12H16N2O6/c1-3-20-12(17)11(16)10(15)7-4-6(2)9(13)8(5-7)14(18)19/h4-5,10-11,15-16H,3,13H2,1-2H3. The van der Waals surface area contributed by atoms with Crippen molar-refractivity contribution in [3.63, 3.8) is 0 Å². The zero-order chi connectivity index (χ0) is 15.4. The number of hydrogen-bond acceptors (Lipinski definition) is 7. The monoisotopic (exact) mass is 284 g/mol. The topological polar surface area (TPSA) is 136 Å². The Bertz CT molecular complexity index is 531. The first-order valence-electron chi connectivity index (χ1n) is 5.86. The summed E-state index contributed by atoms with van der Waals surface area (Å²) >= 11 is 0. The van der Waals surface area contributed by atoms with Gasteiger partial charge in [-0.2, -0.15) is 0 Å². The zero-order valence-corrected chi connectivity index (χ0v) is 11.1. The SMILES string of the molecule is CCOC(=O)C(O)C(O)c1cc(C)c(N)c([N+](=O)[O-])c1. The summed E-state index contributed by atoms with van der Waals surface area (Å²) in [5, 5.41) is 30.4. The quantitative estimate of drug-likeness (QED) is 0.309. The zero-order valence-electron chi connectivity index (χ0n) is 11.1. The lowest BCUT2D eigenvalue weighted by Crippen LogP contribution is -2.30. The molecule has 110 valence electrons. The van der Waals surface area contributed by atoms with Crippen molar-refractivity contribution in [3.8, 4) is 0 Å². The highest BCUT2D eigenvalue weighted by Gasteiger charge is 2.29. The predicted octanol–water partition coefficient (Wildman–Crippen LogP) is 0.443. The van der Waals surface area contributed by atoms with Crippen molar-refractivity contribution in [3.05, 3.63) is 33.4 Å². The summed E-state index contributed by atoms with van der Waals surface area (Å²) in [6, 6.07) is 2.39. The summed E-state index contributed by atoms with van der Waals surface area (Å²) in [4.78, 5) is 21.5. The third-order valence-electron chi connectivity index (χ3n) is 2.75. The maximum Gasteiger partial charge on any atom is 0.338 e. The van der Waals surface area contributed by atoms with Crippen LogP contribution in [0.2, 0.25) is 0 Å². The van der Waals surface area contributed by atoms with Gasteiger partial charge in [-0.3, -0.25) is 10.1 Å². The molecular formula is C12H16N2O6. The van der Waals surface area contributed by atoms with E-state index in [-0.39, 0.29) is 17.9 Å². The Balaban J connectivity index is 3.13. The first-order chi connectivity index (χ1) is 9.29. The molecule has 8 heteroatoms. The molecule has 1 aromatic carbocycles. The lowest BCUT2D eigenvalue weighted by molar-refractivity contribution is -0.384. The van der Waals surface area contributed by atoms with E-state index < -0.39 is 28.8 Å². The molecule has 0 heterocycles. The van der Waals surface area contributed by atoms with Crippen LogP contribution in [0.15, 0.2) is 12.1 Å². The van der Waals surface area contributed by atoms with Crippen molar-refractivity contribution in [1.82, 2.24) is 0 Å². The molecule has 0 aliphatic rings. The van der Waals surface area contributed by atoms with Gasteiger partial charge in [0, 0.05) is 6.07 Å². The van der Waals surface area contributed by atoms with Crippen molar-refractivity contribution in [2.24, 2.45) is 0 Å². The molecule has 1 aromatic rings. The average Bonchev–Trinajstić information content (AvgIpc) is 2.39. The fraction of sp³-hybridized carbons (Fsp3) is 0.417. The molecule has 4 N–H and O–H groups in total. The summed E-state index contributed by atoms with van der Waals surface area (Å²) in [5.41, 5.74) is 5.52. The first-order valence-corrected chi connectivity index (χ1v) is 5.86. The van der Waals surface area contributed by atoms with Crippen LogP contribution in [0.3, 0.4) is 0 Å². The molecule has 0 aromatic heterocycles. The van der Waals surface area contributed by atoms with Gasteiger partial charge in [0.15, 0.2) is 6.10 Å². The van der Waals surface area contributed by atoms with E-state index in [4.69, 9.17) is 5.73 Å². The van der Waals surface area contributed by atoms with Crippen molar-refractivity contribution in [2.75, 3.05) is 12.3 Å². The number of carbonyl (C=O) groups excluding carboxylic acids is 1. The highest BCUT2D eigenvalue weighted by molar-refractivity contribution is 5.75. The molecule has 0 saturated heterocycles. The second kappa shape index (κ2) is 6.31. The minimum Gasteiger partial charge on any atom is -0.464 e. The number of benzene rings is 1. The van der Waals surface area contributed by atoms with Crippen LogP contribution in [0.4, 0.5) is 11.4 Å². The number of hydrogen-bond donors (Lipinski definition) is 3.